The van der Waals surface area contributed by atoms with Crippen LogP contribution in [0.15, 0.2) is 72.9 Å². The Morgan fingerprint density at radius 2 is 1.79 bits per heavy atom. The van der Waals surface area contributed by atoms with Crippen molar-refractivity contribution >= 4 is 40.0 Å². The maximum Gasteiger partial charge on any atom is 0.250 e. The summed E-state index contributed by atoms with van der Waals surface area (Å²) in [4.78, 5) is 46.7. The first kappa shape index (κ1) is 22.7. The van der Waals surface area contributed by atoms with Gasteiger partial charge in [-0.15, -0.1) is 0 Å². The van der Waals surface area contributed by atoms with E-state index in [2.05, 4.69) is 15.6 Å². The first-order valence-corrected chi connectivity index (χ1v) is 12.7. The van der Waals surface area contributed by atoms with Gasteiger partial charge in [0.25, 0.3) is 0 Å². The monoisotopic (exact) mass is 506 g/mol. The number of rotatable bonds is 4. The fourth-order valence-electron chi connectivity index (χ4n) is 6.69. The second-order valence-corrected chi connectivity index (χ2v) is 10.3. The number of aromatic amines is 1. The molecule has 0 radical (unpaired) electrons. The van der Waals surface area contributed by atoms with E-state index in [4.69, 9.17) is 4.74 Å². The Labute approximate surface area is 219 Å². The Balaban J connectivity index is 1.38. The van der Waals surface area contributed by atoms with Crippen LogP contribution in [-0.4, -0.2) is 35.9 Å². The van der Waals surface area contributed by atoms with Crippen LogP contribution in [0.25, 0.3) is 10.9 Å². The summed E-state index contributed by atoms with van der Waals surface area (Å²) in [5.41, 5.74) is 3.45. The number of hydrogen-bond donors (Lipinski definition) is 3. The Hall–Kier alpha value is -4.43. The van der Waals surface area contributed by atoms with E-state index >= 15 is 0 Å². The molecule has 2 saturated heterocycles. The number of carbonyl (C=O) groups is 3. The van der Waals surface area contributed by atoms with Gasteiger partial charge in [-0.05, 0) is 42.7 Å². The van der Waals surface area contributed by atoms with E-state index in [1.54, 1.807) is 31.4 Å². The topological polar surface area (TPSA) is 104 Å². The van der Waals surface area contributed by atoms with Gasteiger partial charge in [-0.1, -0.05) is 42.5 Å². The van der Waals surface area contributed by atoms with E-state index in [9.17, 15) is 14.4 Å². The van der Waals surface area contributed by atoms with Crippen LogP contribution >= 0.6 is 0 Å². The predicted octanol–water partition coefficient (Wildman–Crippen LogP) is 3.65. The average molecular weight is 507 g/mol. The van der Waals surface area contributed by atoms with Gasteiger partial charge in [0.05, 0.1) is 24.6 Å². The molecule has 4 atom stereocenters. The van der Waals surface area contributed by atoms with Gasteiger partial charge < -0.3 is 15.0 Å². The molecule has 1 spiro atoms. The van der Waals surface area contributed by atoms with Crippen molar-refractivity contribution in [2.75, 3.05) is 17.3 Å². The number of aromatic nitrogens is 1. The molecule has 4 heterocycles. The molecule has 0 saturated carbocycles. The van der Waals surface area contributed by atoms with Gasteiger partial charge in [0.15, 0.2) is 0 Å². The van der Waals surface area contributed by atoms with Crippen LogP contribution in [-0.2, 0) is 26.3 Å². The number of aryl methyl sites for hydroxylation is 1. The molecule has 2 fully saturated rings. The predicted molar refractivity (Wildman–Crippen MR) is 143 cm³/mol. The van der Waals surface area contributed by atoms with E-state index in [1.165, 1.54) is 4.90 Å². The molecule has 1 aromatic heterocycles. The molecule has 0 bridgehead atoms. The van der Waals surface area contributed by atoms with Gasteiger partial charge >= 0.3 is 0 Å². The van der Waals surface area contributed by atoms with E-state index in [1.807, 2.05) is 55.6 Å². The minimum atomic E-state index is -1.34. The molecule has 3 aliphatic rings. The fraction of sp³-hybridized carbons (Fsp3) is 0.233. The number of methoxy groups -OCH3 is 1. The van der Waals surface area contributed by atoms with Crippen molar-refractivity contribution in [1.82, 2.24) is 10.3 Å². The largest absolute Gasteiger partial charge is 0.497 e. The number of anilines is 2. The number of ether oxygens (including phenoxy) is 1. The zero-order chi connectivity index (χ0) is 26.2. The number of benzene rings is 3. The van der Waals surface area contributed by atoms with Gasteiger partial charge in [-0.2, -0.15) is 0 Å². The van der Waals surface area contributed by atoms with Crippen LogP contribution in [0.3, 0.4) is 0 Å². The van der Waals surface area contributed by atoms with Gasteiger partial charge in [0, 0.05) is 40.5 Å². The summed E-state index contributed by atoms with van der Waals surface area (Å²) in [6, 6.07) is 20.2. The minimum Gasteiger partial charge on any atom is -0.497 e. The Bertz CT molecular complexity index is 1660. The van der Waals surface area contributed by atoms with Crippen molar-refractivity contribution in [2.45, 2.75) is 24.9 Å². The molecule has 2 unspecified atom stereocenters. The highest BCUT2D eigenvalue weighted by Crippen LogP contribution is 2.54. The maximum absolute atomic E-state index is 14.2. The average Bonchev–Trinajstić information content (AvgIpc) is 3.64. The van der Waals surface area contributed by atoms with E-state index in [0.29, 0.717) is 29.1 Å². The van der Waals surface area contributed by atoms with Crippen molar-refractivity contribution in [3.8, 4) is 5.75 Å². The first-order valence-electron chi connectivity index (χ1n) is 12.7. The zero-order valence-corrected chi connectivity index (χ0v) is 20.9. The summed E-state index contributed by atoms with van der Waals surface area (Å²) in [7, 11) is 1.54. The molecule has 190 valence electrons. The number of imide groups is 1. The van der Waals surface area contributed by atoms with Gasteiger partial charge in [-0.3, -0.25) is 19.7 Å². The number of amides is 3. The molecule has 3 aliphatic heterocycles. The molecule has 4 aromatic rings. The number of fused-ring (bicyclic) bond motifs is 5. The summed E-state index contributed by atoms with van der Waals surface area (Å²) < 4.78 is 5.35. The van der Waals surface area contributed by atoms with Crippen LogP contribution in [0.1, 0.15) is 16.7 Å². The summed E-state index contributed by atoms with van der Waals surface area (Å²) in [5, 5.41) is 7.62. The molecule has 0 aliphatic carbocycles. The van der Waals surface area contributed by atoms with Crippen LogP contribution in [0.2, 0.25) is 0 Å². The zero-order valence-electron chi connectivity index (χ0n) is 20.9. The normalized spacial score (nSPS) is 25.8. The molecule has 38 heavy (non-hydrogen) atoms. The second-order valence-electron chi connectivity index (χ2n) is 10.3. The number of nitrogens with one attached hydrogen (secondary N) is 3. The van der Waals surface area contributed by atoms with Crippen molar-refractivity contribution in [2.24, 2.45) is 11.8 Å². The summed E-state index contributed by atoms with van der Waals surface area (Å²) in [6.07, 6.45) is 2.42. The van der Waals surface area contributed by atoms with Crippen LogP contribution < -0.4 is 20.3 Å². The van der Waals surface area contributed by atoms with Gasteiger partial charge in [0.2, 0.25) is 17.7 Å². The lowest BCUT2D eigenvalue weighted by Gasteiger charge is -2.29. The number of nitrogens with zero attached hydrogens (tertiary/aromatic N) is 1. The minimum absolute atomic E-state index is 0.299. The maximum atomic E-state index is 14.2. The van der Waals surface area contributed by atoms with E-state index in [-0.39, 0.29) is 17.7 Å². The Morgan fingerprint density at radius 1 is 0.974 bits per heavy atom. The lowest BCUT2D eigenvalue weighted by atomic mass is 9.76. The number of para-hydroxylation sites is 2. The second kappa shape index (κ2) is 8.03. The standard InChI is InChI=1S/C30H26N4O4/c1-16-7-5-11-21-26(16)32-29(37)30(21)25-24(23(33-30)13-17-15-31-22-12-4-3-10-20(17)22)27(35)34(28(25)36)18-8-6-9-19(14-18)38-2/h3-12,14-15,23-25,31,33H,13H2,1-2H3,(H,32,37)/t23?,24-,25+,30?/m1/s1. The summed E-state index contributed by atoms with van der Waals surface area (Å²) in [5.74, 6) is -2.06. The number of H-pyrrole nitrogens is 1. The first-order chi connectivity index (χ1) is 18.4. The van der Waals surface area contributed by atoms with Gasteiger partial charge in [-0.25, -0.2) is 4.90 Å². The third kappa shape index (κ3) is 2.92. The van der Waals surface area contributed by atoms with E-state index < -0.39 is 23.4 Å². The molecule has 3 amide bonds. The number of carbonyl (C=O) groups excluding carboxylic acids is 3. The van der Waals surface area contributed by atoms with Crippen LogP contribution in [0, 0.1) is 18.8 Å². The van der Waals surface area contributed by atoms with Crippen molar-refractivity contribution in [3.63, 3.8) is 0 Å². The quantitative estimate of drug-likeness (QED) is 0.367. The van der Waals surface area contributed by atoms with Crippen molar-refractivity contribution in [1.29, 1.82) is 0 Å². The highest BCUT2D eigenvalue weighted by atomic mass is 16.5. The smallest absolute Gasteiger partial charge is 0.250 e. The fourth-order valence-corrected chi connectivity index (χ4v) is 6.69. The highest BCUT2D eigenvalue weighted by Gasteiger charge is 2.70. The Morgan fingerprint density at radius 3 is 2.63 bits per heavy atom. The third-order valence-electron chi connectivity index (χ3n) is 8.38. The SMILES string of the molecule is COc1cccc(N2C(=O)[C@@H]3C(Cc4c[nH]c5ccccc45)NC4(C(=O)Nc5c(C)cccc54)[C@@H]3C2=O)c1. The molecule has 3 aromatic carbocycles. The summed E-state index contributed by atoms with van der Waals surface area (Å²) in [6.45, 7) is 1.93. The molecular weight excluding hydrogens is 480 g/mol. The molecule has 3 N–H and O–H groups in total. The molecular formula is C30H26N4O4. The lowest BCUT2D eigenvalue weighted by molar-refractivity contribution is -0.130. The van der Waals surface area contributed by atoms with Gasteiger partial charge in [0.1, 0.15) is 11.3 Å². The number of hydrogen-bond acceptors (Lipinski definition) is 5. The Kier molecular flexibility index (Phi) is 4.81. The van der Waals surface area contributed by atoms with Crippen molar-refractivity contribution in [3.05, 3.63) is 89.6 Å². The van der Waals surface area contributed by atoms with Crippen molar-refractivity contribution < 1.29 is 19.1 Å². The molecule has 8 nitrogen and oxygen atoms in total. The van der Waals surface area contributed by atoms with E-state index in [0.717, 1.165) is 22.0 Å². The third-order valence-corrected chi connectivity index (χ3v) is 8.38. The lowest BCUT2D eigenvalue weighted by Crippen LogP contribution is -2.53. The highest BCUT2D eigenvalue weighted by molar-refractivity contribution is 6.26. The molecule has 7 rings (SSSR count). The summed E-state index contributed by atoms with van der Waals surface area (Å²) >= 11 is 0. The van der Waals surface area contributed by atoms with Crippen LogP contribution in [0.4, 0.5) is 11.4 Å². The molecule has 8 heteroatoms. The van der Waals surface area contributed by atoms with Crippen LogP contribution in [0.5, 0.6) is 5.75 Å².